The minimum atomic E-state index is -0.202. The lowest BCUT2D eigenvalue weighted by molar-refractivity contribution is 0.122. The molecule has 6 rings (SSSR count). The summed E-state index contributed by atoms with van der Waals surface area (Å²) in [4.78, 5) is 31.4. The number of pyridine rings is 2. The fourth-order valence-corrected chi connectivity index (χ4v) is 4.68. The molecule has 1 fully saturated rings. The summed E-state index contributed by atoms with van der Waals surface area (Å²) in [6, 6.07) is 19.7. The number of aromatic amines is 2. The van der Waals surface area contributed by atoms with Gasteiger partial charge in [-0.15, -0.1) is 0 Å². The summed E-state index contributed by atoms with van der Waals surface area (Å²) in [5.41, 5.74) is 5.49. The highest BCUT2D eigenvalue weighted by molar-refractivity contribution is 7.59. The van der Waals surface area contributed by atoms with Crippen molar-refractivity contribution in [2.24, 2.45) is 0 Å². The van der Waals surface area contributed by atoms with Crippen molar-refractivity contribution in [2.45, 2.75) is 13.0 Å². The van der Waals surface area contributed by atoms with Gasteiger partial charge in [0.2, 0.25) is 0 Å². The number of hydrogen-bond donors (Lipinski definition) is 3. The fraction of sp³-hybridized carbons (Fsp3) is 0.222. The number of imidazole rings is 1. The maximum atomic E-state index is 13.4. The van der Waals surface area contributed by atoms with E-state index in [2.05, 4.69) is 37.3 Å². The lowest BCUT2D eigenvalue weighted by Crippen LogP contribution is -2.36. The molecule has 2 aromatic carbocycles. The van der Waals surface area contributed by atoms with Crippen molar-refractivity contribution in [3.8, 4) is 11.4 Å². The van der Waals surface area contributed by atoms with Crippen molar-refractivity contribution in [1.82, 2.24) is 19.9 Å². The second kappa shape index (κ2) is 10.0. The number of hydrogen-bond acceptors (Lipinski definition) is 6. The van der Waals surface area contributed by atoms with Crippen molar-refractivity contribution < 1.29 is 4.74 Å². The number of ether oxygens (including phenoxy) is 1. The molecule has 0 saturated carbocycles. The second-order valence-electron chi connectivity index (χ2n) is 8.76. The van der Waals surface area contributed by atoms with Crippen molar-refractivity contribution in [1.29, 1.82) is 0 Å². The van der Waals surface area contributed by atoms with Gasteiger partial charge in [0.1, 0.15) is 11.4 Å². The number of rotatable bonds is 5. The number of morpholine rings is 1. The number of H-pyrrole nitrogens is 2. The predicted molar refractivity (Wildman–Crippen MR) is 149 cm³/mol. The molecule has 0 unspecified atom stereocenters. The van der Waals surface area contributed by atoms with Crippen LogP contribution in [0.1, 0.15) is 18.7 Å². The third kappa shape index (κ3) is 4.43. The van der Waals surface area contributed by atoms with Gasteiger partial charge in [-0.3, -0.25) is 9.78 Å². The number of aromatic nitrogens is 4. The maximum Gasteiger partial charge on any atom is 0.261 e. The van der Waals surface area contributed by atoms with Gasteiger partial charge < -0.3 is 24.9 Å². The average Bonchev–Trinajstić information content (AvgIpc) is 3.32. The number of nitrogens with one attached hydrogen (secondary N) is 3. The van der Waals surface area contributed by atoms with Crippen LogP contribution in [0.15, 0.2) is 71.7 Å². The van der Waals surface area contributed by atoms with E-state index >= 15 is 0 Å². The largest absolute Gasteiger partial charge is 0.378 e. The van der Waals surface area contributed by atoms with Gasteiger partial charge in [0.25, 0.3) is 5.56 Å². The number of benzene rings is 2. The molecule has 0 aliphatic carbocycles. The molecule has 0 bridgehead atoms. The molecule has 8 nitrogen and oxygen atoms in total. The van der Waals surface area contributed by atoms with Gasteiger partial charge in [-0.2, -0.15) is 13.5 Å². The lowest BCUT2D eigenvalue weighted by Gasteiger charge is -2.28. The number of para-hydroxylation sites is 1. The molecule has 1 atom stereocenters. The zero-order chi connectivity index (χ0) is 23.8. The summed E-state index contributed by atoms with van der Waals surface area (Å²) in [6.45, 7) is 5.20. The Morgan fingerprint density at radius 1 is 1.00 bits per heavy atom. The zero-order valence-electron chi connectivity index (χ0n) is 19.9. The number of fused-ring (bicyclic) bond motifs is 2. The summed E-state index contributed by atoms with van der Waals surface area (Å²) in [6.07, 6.45) is 1.77. The van der Waals surface area contributed by atoms with Gasteiger partial charge in [0, 0.05) is 30.4 Å². The molecule has 4 heterocycles. The maximum absolute atomic E-state index is 13.4. The SMILES string of the molecule is C[C@H](Nc1c(-c2nc3ccc(N4CCOCC4)cc3[nH]2)c(=O)[nH]c2ccccc12)c1ccccn1.S. The fourth-order valence-electron chi connectivity index (χ4n) is 4.68. The molecule has 36 heavy (non-hydrogen) atoms. The quantitative estimate of drug-likeness (QED) is 0.327. The van der Waals surface area contributed by atoms with Crippen molar-refractivity contribution >= 4 is 46.8 Å². The van der Waals surface area contributed by atoms with Crippen LogP contribution in [-0.2, 0) is 4.74 Å². The van der Waals surface area contributed by atoms with E-state index in [0.29, 0.717) is 11.4 Å². The van der Waals surface area contributed by atoms with E-state index in [9.17, 15) is 4.79 Å². The van der Waals surface area contributed by atoms with Gasteiger partial charge in [0.05, 0.1) is 47.2 Å². The van der Waals surface area contributed by atoms with E-state index in [1.807, 2.05) is 55.5 Å². The highest BCUT2D eigenvalue weighted by Gasteiger charge is 2.21. The first-order valence-corrected chi connectivity index (χ1v) is 11.8. The second-order valence-corrected chi connectivity index (χ2v) is 8.76. The smallest absolute Gasteiger partial charge is 0.261 e. The molecule has 9 heteroatoms. The first-order chi connectivity index (χ1) is 17.2. The van der Waals surface area contributed by atoms with Crippen LogP contribution in [0.5, 0.6) is 0 Å². The normalized spacial score (nSPS) is 14.5. The number of anilines is 2. The lowest BCUT2D eigenvalue weighted by atomic mass is 10.1. The van der Waals surface area contributed by atoms with Crippen LogP contribution in [-0.4, -0.2) is 46.2 Å². The van der Waals surface area contributed by atoms with Crippen molar-refractivity contribution in [3.05, 3.63) is 82.9 Å². The van der Waals surface area contributed by atoms with Crippen LogP contribution in [0, 0.1) is 0 Å². The molecule has 3 N–H and O–H groups in total. The van der Waals surface area contributed by atoms with E-state index in [4.69, 9.17) is 9.72 Å². The van der Waals surface area contributed by atoms with E-state index in [1.54, 1.807) is 6.20 Å². The Morgan fingerprint density at radius 3 is 2.61 bits per heavy atom. The van der Waals surface area contributed by atoms with E-state index in [-0.39, 0.29) is 25.1 Å². The van der Waals surface area contributed by atoms with Crippen LogP contribution in [0.25, 0.3) is 33.3 Å². The molecule has 1 aliphatic rings. The Bertz CT molecular complexity index is 1560. The van der Waals surface area contributed by atoms with Gasteiger partial charge >= 0.3 is 0 Å². The minimum Gasteiger partial charge on any atom is -0.378 e. The van der Waals surface area contributed by atoms with E-state index < -0.39 is 0 Å². The summed E-state index contributed by atoms with van der Waals surface area (Å²) in [5.74, 6) is 0.529. The van der Waals surface area contributed by atoms with Crippen LogP contribution in [0.3, 0.4) is 0 Å². The van der Waals surface area contributed by atoms with Crippen LogP contribution in [0.4, 0.5) is 11.4 Å². The van der Waals surface area contributed by atoms with Gasteiger partial charge in [-0.25, -0.2) is 4.98 Å². The molecule has 1 saturated heterocycles. The van der Waals surface area contributed by atoms with Crippen molar-refractivity contribution in [3.63, 3.8) is 0 Å². The Hall–Kier alpha value is -3.82. The first-order valence-electron chi connectivity index (χ1n) is 11.8. The molecular weight excluding hydrogens is 472 g/mol. The first kappa shape index (κ1) is 23.9. The standard InChI is InChI=1S/C27H26N6O2.H2S/c1-17(20-7-4-5-11-28-20)29-25-19-6-2-3-8-21(19)32-27(34)24(25)26-30-22-10-9-18(16-23(22)31-26)33-12-14-35-15-13-33;/h2-11,16-17H,12-15H2,1H3,(H,30,31)(H2,29,32,34);1H2/t17-;/m0./s1. The van der Waals surface area contributed by atoms with Crippen molar-refractivity contribution in [2.75, 3.05) is 36.5 Å². The highest BCUT2D eigenvalue weighted by atomic mass is 32.1. The average molecular weight is 501 g/mol. The third-order valence-corrected chi connectivity index (χ3v) is 6.49. The Kier molecular flexibility index (Phi) is 6.67. The summed E-state index contributed by atoms with van der Waals surface area (Å²) in [5, 5.41) is 4.47. The summed E-state index contributed by atoms with van der Waals surface area (Å²) in [7, 11) is 0. The topological polar surface area (TPSA) is 98.9 Å². The molecule has 3 aromatic heterocycles. The van der Waals surface area contributed by atoms with E-state index in [1.165, 1.54) is 0 Å². The van der Waals surface area contributed by atoms with Gasteiger partial charge in [-0.05, 0) is 43.3 Å². The Labute approximate surface area is 215 Å². The van der Waals surface area contributed by atoms with Gasteiger partial charge in [-0.1, -0.05) is 24.3 Å². The molecule has 1 aliphatic heterocycles. The molecule has 5 aromatic rings. The Morgan fingerprint density at radius 2 is 1.81 bits per heavy atom. The van der Waals surface area contributed by atoms with E-state index in [0.717, 1.165) is 65.3 Å². The van der Waals surface area contributed by atoms with Crippen LogP contribution >= 0.6 is 13.5 Å². The Balaban J connectivity index is 0.00000267. The third-order valence-electron chi connectivity index (χ3n) is 6.49. The highest BCUT2D eigenvalue weighted by Crippen LogP contribution is 2.33. The predicted octanol–water partition coefficient (Wildman–Crippen LogP) is 4.59. The summed E-state index contributed by atoms with van der Waals surface area (Å²) >= 11 is 0. The molecule has 0 radical (unpaired) electrons. The van der Waals surface area contributed by atoms with Gasteiger partial charge in [0.15, 0.2) is 0 Å². The van der Waals surface area contributed by atoms with Crippen LogP contribution < -0.4 is 15.8 Å². The molecule has 0 spiro atoms. The molecule has 184 valence electrons. The minimum absolute atomic E-state index is 0. The van der Waals surface area contributed by atoms with Crippen LogP contribution in [0.2, 0.25) is 0 Å². The number of nitrogens with zero attached hydrogens (tertiary/aromatic N) is 3. The monoisotopic (exact) mass is 500 g/mol. The zero-order valence-corrected chi connectivity index (χ0v) is 20.9. The molecule has 0 amide bonds. The summed E-state index contributed by atoms with van der Waals surface area (Å²) < 4.78 is 5.48. The molecular formula is C27H28N6O2S.